The molecule has 5 heteroatoms. The number of sulfonamides is 1. The molecule has 1 atom stereocenters. The summed E-state index contributed by atoms with van der Waals surface area (Å²) in [5.41, 5.74) is -0.0995. The van der Waals surface area contributed by atoms with E-state index in [4.69, 9.17) is 0 Å². The second-order valence-electron chi connectivity index (χ2n) is 4.76. The van der Waals surface area contributed by atoms with Crippen LogP contribution in [0.5, 0.6) is 0 Å². The summed E-state index contributed by atoms with van der Waals surface area (Å²) in [5.74, 6) is 0. The fraction of sp³-hybridized carbons (Fsp3) is 0.385. The van der Waals surface area contributed by atoms with Crippen molar-refractivity contribution in [2.45, 2.75) is 32.4 Å². The van der Waals surface area contributed by atoms with E-state index in [1.807, 2.05) is 30.3 Å². The molecule has 0 amide bonds. The van der Waals surface area contributed by atoms with Crippen molar-refractivity contribution in [1.82, 2.24) is 4.72 Å². The van der Waals surface area contributed by atoms with Crippen molar-refractivity contribution in [3.8, 4) is 0 Å². The van der Waals surface area contributed by atoms with Gasteiger partial charge in [-0.3, -0.25) is 0 Å². The third-order valence-electron chi connectivity index (χ3n) is 2.69. The van der Waals surface area contributed by atoms with E-state index in [9.17, 15) is 13.5 Å². The highest BCUT2D eigenvalue weighted by molar-refractivity contribution is 7.92. The summed E-state index contributed by atoms with van der Waals surface area (Å²) in [4.78, 5) is 0. The Morgan fingerprint density at radius 1 is 1.28 bits per heavy atom. The molecule has 1 unspecified atom stereocenters. The first kappa shape index (κ1) is 14.9. The quantitative estimate of drug-likeness (QED) is 0.855. The predicted octanol–water partition coefficient (Wildman–Crippen LogP) is 1.74. The Morgan fingerprint density at radius 3 is 2.33 bits per heavy atom. The van der Waals surface area contributed by atoms with Crippen LogP contribution in [0.25, 0.3) is 6.08 Å². The molecule has 2 N–H and O–H groups in total. The monoisotopic (exact) mass is 269 g/mol. The number of aliphatic hydroxyl groups is 1. The summed E-state index contributed by atoms with van der Waals surface area (Å²) >= 11 is 0. The lowest BCUT2D eigenvalue weighted by molar-refractivity contribution is 0.112. The average molecular weight is 269 g/mol. The standard InChI is InChI=1S/C13H19NO3S/c1-11(15)13(2,3)14-18(16,17)10-9-12-7-5-4-6-8-12/h4-11,14-15H,1-3H3/b10-9+. The number of nitrogens with one attached hydrogen (secondary N) is 1. The highest BCUT2D eigenvalue weighted by atomic mass is 32.2. The molecule has 1 rings (SSSR count). The van der Waals surface area contributed by atoms with Gasteiger partial charge in [0.25, 0.3) is 0 Å². The molecule has 0 aromatic heterocycles. The molecule has 0 spiro atoms. The first-order valence-electron chi connectivity index (χ1n) is 5.68. The van der Waals surface area contributed by atoms with E-state index in [-0.39, 0.29) is 0 Å². The Morgan fingerprint density at radius 2 is 1.83 bits per heavy atom. The number of aliphatic hydroxyl groups excluding tert-OH is 1. The molecule has 0 aliphatic rings. The van der Waals surface area contributed by atoms with Crippen molar-refractivity contribution < 1.29 is 13.5 Å². The van der Waals surface area contributed by atoms with E-state index in [0.29, 0.717) is 0 Å². The number of rotatable bonds is 5. The smallest absolute Gasteiger partial charge is 0.234 e. The zero-order valence-corrected chi connectivity index (χ0v) is 11.6. The Bertz CT molecular complexity index is 504. The number of hydrogen-bond donors (Lipinski definition) is 2. The lowest BCUT2D eigenvalue weighted by atomic mass is 10.0. The van der Waals surface area contributed by atoms with Gasteiger partial charge in [0.05, 0.1) is 11.6 Å². The van der Waals surface area contributed by atoms with Crippen LogP contribution in [0.1, 0.15) is 26.3 Å². The summed E-state index contributed by atoms with van der Waals surface area (Å²) in [6.45, 7) is 4.81. The predicted molar refractivity (Wildman–Crippen MR) is 73.3 cm³/mol. The van der Waals surface area contributed by atoms with Crippen LogP contribution >= 0.6 is 0 Å². The lowest BCUT2D eigenvalue weighted by Gasteiger charge is -2.28. The fourth-order valence-corrected chi connectivity index (χ4v) is 2.53. The second kappa shape index (κ2) is 5.65. The van der Waals surface area contributed by atoms with E-state index in [0.717, 1.165) is 11.0 Å². The maximum atomic E-state index is 11.8. The lowest BCUT2D eigenvalue weighted by Crippen LogP contribution is -2.50. The molecular weight excluding hydrogens is 250 g/mol. The number of hydrogen-bond acceptors (Lipinski definition) is 3. The van der Waals surface area contributed by atoms with Crippen LogP contribution in [0.15, 0.2) is 35.7 Å². The molecule has 0 fully saturated rings. The molecule has 0 radical (unpaired) electrons. The van der Waals surface area contributed by atoms with Crippen LogP contribution in [0.4, 0.5) is 0 Å². The molecule has 0 heterocycles. The van der Waals surface area contributed by atoms with Gasteiger partial charge in [-0.15, -0.1) is 0 Å². The van der Waals surface area contributed by atoms with Crippen molar-refractivity contribution in [3.63, 3.8) is 0 Å². The Labute approximate surface area is 108 Å². The maximum Gasteiger partial charge on any atom is 0.234 e. The first-order valence-corrected chi connectivity index (χ1v) is 7.23. The van der Waals surface area contributed by atoms with Gasteiger partial charge in [0, 0.05) is 5.41 Å². The van der Waals surface area contributed by atoms with Crippen LogP contribution in [0.2, 0.25) is 0 Å². The molecule has 0 saturated carbocycles. The molecule has 1 aromatic rings. The Hall–Kier alpha value is -1.17. The molecular formula is C13H19NO3S. The molecule has 100 valence electrons. The third kappa shape index (κ3) is 4.60. The average Bonchev–Trinajstić information content (AvgIpc) is 2.26. The summed E-state index contributed by atoms with van der Waals surface area (Å²) in [7, 11) is -3.57. The van der Waals surface area contributed by atoms with Crippen LogP contribution in [-0.2, 0) is 10.0 Å². The Balaban J connectivity index is 2.81. The third-order valence-corrected chi connectivity index (χ3v) is 3.99. The van der Waals surface area contributed by atoms with Crippen molar-refractivity contribution in [2.24, 2.45) is 0 Å². The van der Waals surface area contributed by atoms with E-state index < -0.39 is 21.7 Å². The molecule has 18 heavy (non-hydrogen) atoms. The van der Waals surface area contributed by atoms with Crippen LogP contribution < -0.4 is 4.72 Å². The molecule has 4 nitrogen and oxygen atoms in total. The topological polar surface area (TPSA) is 66.4 Å². The maximum absolute atomic E-state index is 11.8. The van der Waals surface area contributed by atoms with E-state index in [1.54, 1.807) is 20.8 Å². The summed E-state index contributed by atoms with van der Waals surface area (Å²) in [6.07, 6.45) is 0.734. The van der Waals surface area contributed by atoms with Crippen molar-refractivity contribution in [3.05, 3.63) is 41.3 Å². The summed E-state index contributed by atoms with van der Waals surface area (Å²) in [6, 6.07) is 9.15. The SMILES string of the molecule is CC(O)C(C)(C)NS(=O)(=O)/C=C/c1ccccc1. The van der Waals surface area contributed by atoms with Gasteiger partial charge in [-0.05, 0) is 32.4 Å². The van der Waals surface area contributed by atoms with Crippen LogP contribution in [0.3, 0.4) is 0 Å². The second-order valence-corrected chi connectivity index (χ2v) is 6.32. The van der Waals surface area contributed by atoms with Gasteiger partial charge in [-0.25, -0.2) is 13.1 Å². The van der Waals surface area contributed by atoms with Gasteiger partial charge in [0.2, 0.25) is 10.0 Å². The normalized spacial score (nSPS) is 14.9. The van der Waals surface area contributed by atoms with Gasteiger partial charge >= 0.3 is 0 Å². The van der Waals surface area contributed by atoms with E-state index in [1.165, 1.54) is 6.08 Å². The van der Waals surface area contributed by atoms with Gasteiger partial charge in [0.1, 0.15) is 0 Å². The van der Waals surface area contributed by atoms with Gasteiger partial charge in [-0.2, -0.15) is 0 Å². The minimum atomic E-state index is -3.57. The molecule has 0 saturated heterocycles. The van der Waals surface area contributed by atoms with Crippen molar-refractivity contribution in [1.29, 1.82) is 0 Å². The van der Waals surface area contributed by atoms with Crippen molar-refractivity contribution in [2.75, 3.05) is 0 Å². The van der Waals surface area contributed by atoms with E-state index >= 15 is 0 Å². The van der Waals surface area contributed by atoms with Crippen LogP contribution in [-0.4, -0.2) is 25.2 Å². The minimum Gasteiger partial charge on any atom is -0.391 e. The van der Waals surface area contributed by atoms with Crippen LogP contribution in [0, 0.1) is 0 Å². The van der Waals surface area contributed by atoms with Gasteiger partial charge in [-0.1, -0.05) is 30.3 Å². The highest BCUT2D eigenvalue weighted by Crippen LogP contribution is 2.11. The minimum absolute atomic E-state index is 0.780. The van der Waals surface area contributed by atoms with E-state index in [2.05, 4.69) is 4.72 Å². The zero-order valence-electron chi connectivity index (χ0n) is 10.8. The van der Waals surface area contributed by atoms with Gasteiger partial charge < -0.3 is 5.11 Å². The molecule has 1 aromatic carbocycles. The molecule has 0 aliphatic carbocycles. The van der Waals surface area contributed by atoms with Gasteiger partial charge in [0.15, 0.2) is 0 Å². The Kier molecular flexibility index (Phi) is 4.67. The summed E-state index contributed by atoms with van der Waals surface area (Å²) in [5, 5.41) is 10.6. The zero-order chi connectivity index (χ0) is 13.8. The van der Waals surface area contributed by atoms with Crippen molar-refractivity contribution >= 4 is 16.1 Å². The molecule has 0 bridgehead atoms. The largest absolute Gasteiger partial charge is 0.391 e. The first-order chi connectivity index (χ1) is 8.23. The fourth-order valence-electron chi connectivity index (χ4n) is 1.22. The highest BCUT2D eigenvalue weighted by Gasteiger charge is 2.28. The summed E-state index contributed by atoms with van der Waals surface area (Å²) < 4.78 is 26.1. The molecule has 0 aliphatic heterocycles. The number of benzene rings is 1.